The normalized spacial score (nSPS) is 11.2. The molecule has 0 atom stereocenters. The number of halogens is 4. The summed E-state index contributed by atoms with van der Waals surface area (Å²) < 4.78 is 44.0. The first-order valence-electron chi connectivity index (χ1n) is 12.2. The SMILES string of the molecule is N#Cc1ccc(Cn2cncc2CCCN(Cc2ccccc2C(F)(F)F)C(=S)Nc2ccc(Br)cc2)cc1. The zero-order valence-corrected chi connectivity index (χ0v) is 23.2. The fourth-order valence-corrected chi connectivity index (χ4v) is 4.70. The number of aryl methyl sites for hydroxylation is 1. The van der Waals surface area contributed by atoms with E-state index in [1.807, 2.05) is 41.0 Å². The number of imidazole rings is 1. The van der Waals surface area contributed by atoms with Gasteiger partial charge in [-0.15, -0.1) is 0 Å². The van der Waals surface area contributed by atoms with Crippen LogP contribution in [0.25, 0.3) is 0 Å². The van der Waals surface area contributed by atoms with Crippen LogP contribution in [0.1, 0.15) is 34.4 Å². The van der Waals surface area contributed by atoms with Gasteiger partial charge in [-0.2, -0.15) is 18.4 Å². The molecule has 0 saturated heterocycles. The molecule has 0 spiro atoms. The van der Waals surface area contributed by atoms with Crippen LogP contribution in [0.2, 0.25) is 0 Å². The highest BCUT2D eigenvalue weighted by Gasteiger charge is 2.33. The summed E-state index contributed by atoms with van der Waals surface area (Å²) >= 11 is 9.05. The number of nitriles is 1. The standard InChI is InChI=1S/C29H25BrF3N5S/c30-24-11-13-25(14-12-24)36-28(39)37(19-23-4-1-2-6-27(23)29(31,32)33)15-3-5-26-17-35-20-38(26)18-22-9-7-21(16-34)8-10-22/h1-2,4,6-14,17,20H,3,5,15,18-19H2,(H,36,39). The summed E-state index contributed by atoms with van der Waals surface area (Å²) in [4.78, 5) is 6.05. The Labute approximate surface area is 239 Å². The number of nitrogens with one attached hydrogen (secondary N) is 1. The van der Waals surface area contributed by atoms with Gasteiger partial charge in [0.05, 0.1) is 23.5 Å². The van der Waals surface area contributed by atoms with E-state index in [0.29, 0.717) is 36.6 Å². The first-order chi connectivity index (χ1) is 18.7. The molecular weight excluding hydrogens is 587 g/mol. The van der Waals surface area contributed by atoms with E-state index in [1.165, 1.54) is 12.1 Å². The maximum Gasteiger partial charge on any atom is 0.416 e. The van der Waals surface area contributed by atoms with Gasteiger partial charge in [-0.25, -0.2) is 4.98 Å². The Kier molecular flexibility index (Phi) is 9.38. The Morgan fingerprint density at radius 2 is 1.77 bits per heavy atom. The van der Waals surface area contributed by atoms with Crippen LogP contribution in [0, 0.1) is 11.3 Å². The average Bonchev–Trinajstić information content (AvgIpc) is 3.36. The molecule has 0 unspecified atom stereocenters. The highest BCUT2D eigenvalue weighted by molar-refractivity contribution is 9.10. The molecule has 0 amide bonds. The third kappa shape index (κ3) is 7.91. The summed E-state index contributed by atoms with van der Waals surface area (Å²) in [6.45, 7) is 1.06. The number of hydrogen-bond acceptors (Lipinski definition) is 3. The maximum absolute atomic E-state index is 13.7. The number of aromatic nitrogens is 2. The quantitative estimate of drug-likeness (QED) is 0.200. The van der Waals surface area contributed by atoms with E-state index in [-0.39, 0.29) is 12.1 Å². The lowest BCUT2D eigenvalue weighted by molar-refractivity contribution is -0.138. The molecule has 1 heterocycles. The summed E-state index contributed by atoms with van der Waals surface area (Å²) in [6, 6.07) is 22.5. The van der Waals surface area contributed by atoms with Crippen LogP contribution in [-0.2, 0) is 25.7 Å². The van der Waals surface area contributed by atoms with Crippen molar-refractivity contribution in [3.05, 3.63) is 118 Å². The van der Waals surface area contributed by atoms with Gasteiger partial charge >= 0.3 is 6.18 Å². The van der Waals surface area contributed by atoms with E-state index in [9.17, 15) is 13.2 Å². The molecular formula is C29H25BrF3N5S. The molecule has 1 aromatic heterocycles. The predicted octanol–water partition coefficient (Wildman–Crippen LogP) is 7.42. The lowest BCUT2D eigenvalue weighted by Gasteiger charge is -2.27. The zero-order valence-electron chi connectivity index (χ0n) is 20.8. The molecule has 0 aliphatic carbocycles. The second-order valence-corrected chi connectivity index (χ2v) is 10.2. The van der Waals surface area contributed by atoms with Crippen molar-refractivity contribution in [3.63, 3.8) is 0 Å². The van der Waals surface area contributed by atoms with Crippen LogP contribution in [0.5, 0.6) is 0 Å². The molecule has 39 heavy (non-hydrogen) atoms. The van der Waals surface area contributed by atoms with E-state index >= 15 is 0 Å². The number of nitrogens with zero attached hydrogens (tertiary/aromatic N) is 4. The van der Waals surface area contributed by atoms with E-state index in [1.54, 1.807) is 35.6 Å². The lowest BCUT2D eigenvalue weighted by atomic mass is 10.1. The van der Waals surface area contributed by atoms with Crippen LogP contribution in [0.15, 0.2) is 89.8 Å². The molecule has 3 aromatic carbocycles. The van der Waals surface area contributed by atoms with E-state index < -0.39 is 11.7 Å². The van der Waals surface area contributed by atoms with E-state index in [0.717, 1.165) is 27.5 Å². The molecule has 0 aliphatic heterocycles. The molecule has 0 radical (unpaired) electrons. The Hall–Kier alpha value is -3.68. The molecule has 1 N–H and O–H groups in total. The fraction of sp³-hybridized carbons (Fsp3) is 0.207. The molecule has 0 aliphatic rings. The monoisotopic (exact) mass is 611 g/mol. The van der Waals surface area contributed by atoms with Gasteiger partial charge in [0, 0.05) is 41.7 Å². The highest BCUT2D eigenvalue weighted by atomic mass is 79.9. The molecule has 0 bridgehead atoms. The average molecular weight is 613 g/mol. The largest absolute Gasteiger partial charge is 0.416 e. The summed E-state index contributed by atoms with van der Waals surface area (Å²) in [5.41, 5.74) is 2.89. The topological polar surface area (TPSA) is 56.9 Å². The Bertz CT molecular complexity index is 1440. The fourth-order valence-electron chi connectivity index (χ4n) is 4.16. The minimum absolute atomic E-state index is 0.0164. The van der Waals surface area contributed by atoms with Crippen molar-refractivity contribution < 1.29 is 13.2 Å². The third-order valence-electron chi connectivity index (χ3n) is 6.16. The van der Waals surface area contributed by atoms with Crippen LogP contribution < -0.4 is 5.32 Å². The van der Waals surface area contributed by atoms with Crippen molar-refractivity contribution in [1.29, 1.82) is 5.26 Å². The molecule has 0 saturated carbocycles. The van der Waals surface area contributed by atoms with Gasteiger partial charge in [-0.05, 0) is 78.7 Å². The van der Waals surface area contributed by atoms with Crippen LogP contribution >= 0.6 is 28.1 Å². The van der Waals surface area contributed by atoms with Gasteiger partial charge in [-0.3, -0.25) is 0 Å². The molecule has 4 aromatic rings. The summed E-state index contributed by atoms with van der Waals surface area (Å²) in [7, 11) is 0. The minimum atomic E-state index is -4.46. The predicted molar refractivity (Wildman–Crippen MR) is 153 cm³/mol. The third-order valence-corrected chi connectivity index (χ3v) is 7.05. The molecule has 10 heteroatoms. The number of anilines is 1. The van der Waals surface area contributed by atoms with Crippen LogP contribution in [0.4, 0.5) is 18.9 Å². The maximum atomic E-state index is 13.7. The van der Waals surface area contributed by atoms with Crippen molar-refractivity contribution in [1.82, 2.24) is 14.5 Å². The van der Waals surface area contributed by atoms with Gasteiger partial charge in [0.25, 0.3) is 0 Å². The molecule has 200 valence electrons. The Balaban J connectivity index is 1.47. The van der Waals surface area contributed by atoms with Crippen molar-refractivity contribution in [2.45, 2.75) is 32.1 Å². The smallest absolute Gasteiger partial charge is 0.345 e. The summed E-state index contributed by atoms with van der Waals surface area (Å²) in [6.07, 6.45) is 0.404. The van der Waals surface area contributed by atoms with Crippen LogP contribution in [0.3, 0.4) is 0 Å². The molecule has 5 nitrogen and oxygen atoms in total. The first-order valence-corrected chi connectivity index (χ1v) is 13.4. The van der Waals surface area contributed by atoms with Crippen molar-refractivity contribution in [2.24, 2.45) is 0 Å². The van der Waals surface area contributed by atoms with Gasteiger partial charge in [-0.1, -0.05) is 46.3 Å². The number of thiocarbonyl (C=S) groups is 1. The van der Waals surface area contributed by atoms with Gasteiger partial charge in [0.1, 0.15) is 0 Å². The number of hydrogen-bond donors (Lipinski definition) is 1. The van der Waals surface area contributed by atoms with E-state index in [2.05, 4.69) is 32.3 Å². The highest BCUT2D eigenvalue weighted by Crippen LogP contribution is 2.32. The Morgan fingerprint density at radius 3 is 2.46 bits per heavy atom. The van der Waals surface area contributed by atoms with Crippen molar-refractivity contribution >= 4 is 38.9 Å². The molecule has 4 rings (SSSR count). The number of alkyl halides is 3. The summed E-state index contributed by atoms with van der Waals surface area (Å²) in [5, 5.41) is 12.5. The van der Waals surface area contributed by atoms with E-state index in [4.69, 9.17) is 17.5 Å². The second kappa shape index (κ2) is 12.9. The molecule has 0 fully saturated rings. The van der Waals surface area contributed by atoms with Crippen molar-refractivity contribution in [2.75, 3.05) is 11.9 Å². The van der Waals surface area contributed by atoms with Gasteiger partial charge in [0.2, 0.25) is 0 Å². The van der Waals surface area contributed by atoms with Gasteiger partial charge < -0.3 is 14.8 Å². The van der Waals surface area contributed by atoms with Crippen molar-refractivity contribution in [3.8, 4) is 6.07 Å². The second-order valence-electron chi connectivity index (χ2n) is 8.94. The lowest BCUT2D eigenvalue weighted by Crippen LogP contribution is -2.36. The minimum Gasteiger partial charge on any atom is -0.345 e. The first kappa shape index (κ1) is 28.3. The number of rotatable bonds is 9. The Morgan fingerprint density at radius 1 is 1.05 bits per heavy atom. The van der Waals surface area contributed by atoms with Gasteiger partial charge in [0.15, 0.2) is 5.11 Å². The van der Waals surface area contributed by atoms with Crippen LogP contribution in [-0.4, -0.2) is 26.1 Å². The zero-order chi connectivity index (χ0) is 27.8. The summed E-state index contributed by atoms with van der Waals surface area (Å²) in [5.74, 6) is 0. The number of benzene rings is 3.